The van der Waals surface area contributed by atoms with Crippen LogP contribution in [0.25, 0.3) is 0 Å². The van der Waals surface area contributed by atoms with Gasteiger partial charge in [-0.3, -0.25) is 0 Å². The minimum atomic E-state index is -0.307. The average Bonchev–Trinajstić information content (AvgIpc) is 3.65. The van der Waals surface area contributed by atoms with E-state index < -0.39 is 0 Å². The van der Waals surface area contributed by atoms with E-state index in [0.29, 0.717) is 13.2 Å². The highest BCUT2D eigenvalue weighted by Gasteiger charge is 2.25. The maximum absolute atomic E-state index is 6.07. The van der Waals surface area contributed by atoms with Crippen molar-refractivity contribution in [3.05, 3.63) is 57.6 Å². The third-order valence-corrected chi connectivity index (χ3v) is 5.85. The molecule has 4 unspecified atom stereocenters. The number of aryl methyl sites for hydroxylation is 4. The molecule has 0 aliphatic carbocycles. The zero-order valence-electron chi connectivity index (χ0n) is 20.6. The molecule has 4 rings (SSSR count). The number of epoxide rings is 2. The van der Waals surface area contributed by atoms with Gasteiger partial charge in [0.1, 0.15) is 23.7 Å². The van der Waals surface area contributed by atoms with E-state index >= 15 is 0 Å². The Morgan fingerprint density at radius 2 is 1.03 bits per heavy atom. The first-order valence-electron chi connectivity index (χ1n) is 11.8. The molecule has 180 valence electrons. The van der Waals surface area contributed by atoms with Crippen LogP contribution in [0.2, 0.25) is 0 Å². The van der Waals surface area contributed by atoms with Gasteiger partial charge in [-0.2, -0.15) is 0 Å². The summed E-state index contributed by atoms with van der Waals surface area (Å²) >= 11 is 0. The van der Waals surface area contributed by atoms with Gasteiger partial charge < -0.3 is 28.4 Å². The van der Waals surface area contributed by atoms with E-state index in [-0.39, 0.29) is 24.8 Å². The number of ether oxygens (including phenoxy) is 6. The highest BCUT2D eigenvalue weighted by Crippen LogP contribution is 2.30. The Morgan fingerprint density at radius 3 is 1.33 bits per heavy atom. The molecule has 6 nitrogen and oxygen atoms in total. The molecule has 0 radical (unpaired) electrons. The van der Waals surface area contributed by atoms with Gasteiger partial charge in [0, 0.05) is 0 Å². The largest absolute Gasteiger partial charge is 0.465 e. The summed E-state index contributed by atoms with van der Waals surface area (Å²) in [6, 6.07) is 8.79. The van der Waals surface area contributed by atoms with Crippen LogP contribution < -0.4 is 9.47 Å². The molecule has 2 aliphatic heterocycles. The maximum Gasteiger partial charge on any atom is 0.197 e. The van der Waals surface area contributed by atoms with Crippen LogP contribution in [-0.2, 0) is 25.4 Å². The van der Waals surface area contributed by atoms with Gasteiger partial charge in [0.25, 0.3) is 0 Å². The van der Waals surface area contributed by atoms with Crippen LogP contribution in [-0.4, -0.2) is 51.2 Å². The third kappa shape index (κ3) is 6.93. The van der Waals surface area contributed by atoms with Crippen LogP contribution in [0, 0.1) is 27.7 Å². The summed E-state index contributed by atoms with van der Waals surface area (Å²) in [6.45, 7) is 14.9. The first-order chi connectivity index (χ1) is 15.8. The Morgan fingerprint density at radius 1 is 0.697 bits per heavy atom. The van der Waals surface area contributed by atoms with E-state index in [1.54, 1.807) is 0 Å². The zero-order valence-corrected chi connectivity index (χ0v) is 20.6. The number of rotatable bonds is 12. The van der Waals surface area contributed by atoms with Crippen molar-refractivity contribution in [1.82, 2.24) is 0 Å². The van der Waals surface area contributed by atoms with Gasteiger partial charge in [-0.25, -0.2) is 0 Å². The van der Waals surface area contributed by atoms with Crippen molar-refractivity contribution in [1.29, 1.82) is 0 Å². The Hall–Kier alpha value is -2.12. The molecule has 0 amide bonds. The Kier molecular flexibility index (Phi) is 7.59. The second kappa shape index (κ2) is 10.4. The molecule has 0 aromatic heterocycles. The van der Waals surface area contributed by atoms with Crippen LogP contribution in [0.1, 0.15) is 47.2 Å². The quantitative estimate of drug-likeness (QED) is 0.338. The first kappa shape index (κ1) is 24.0. The smallest absolute Gasteiger partial charge is 0.197 e. The lowest BCUT2D eigenvalue weighted by Gasteiger charge is -2.20. The molecule has 0 N–H and O–H groups in total. The standard InChI is InChI=1S/C27H36O6/c1-16-7-22(8-17(2)26(16)32-20(5)28-12-24-14-30-24)11-23-9-18(3)27(19(4)10-23)33-21(6)29-13-25-15-31-25/h7-10,20-21,24-25H,11-15H2,1-6H3. The zero-order chi connectivity index (χ0) is 23.5. The molecule has 0 spiro atoms. The third-order valence-electron chi connectivity index (χ3n) is 5.85. The van der Waals surface area contributed by atoms with Crippen molar-refractivity contribution in [2.45, 2.75) is 72.8 Å². The molecule has 0 saturated carbocycles. The Labute approximate surface area is 197 Å². The fourth-order valence-corrected chi connectivity index (χ4v) is 4.11. The summed E-state index contributed by atoms with van der Waals surface area (Å²) in [5.41, 5.74) is 6.96. The van der Waals surface area contributed by atoms with Crippen molar-refractivity contribution in [3.63, 3.8) is 0 Å². The first-order valence-corrected chi connectivity index (χ1v) is 11.8. The summed E-state index contributed by atoms with van der Waals surface area (Å²) in [5, 5.41) is 0. The number of hydrogen-bond donors (Lipinski definition) is 0. The molecule has 0 bridgehead atoms. The normalized spacial score (nSPS) is 20.9. The number of benzene rings is 2. The van der Waals surface area contributed by atoms with Crippen LogP contribution in [0.15, 0.2) is 24.3 Å². The fourth-order valence-electron chi connectivity index (χ4n) is 4.11. The lowest BCUT2D eigenvalue weighted by Crippen LogP contribution is -2.20. The second-order valence-electron chi connectivity index (χ2n) is 9.24. The molecule has 2 aliphatic rings. The molecule has 2 saturated heterocycles. The van der Waals surface area contributed by atoms with Gasteiger partial charge in [0.15, 0.2) is 12.6 Å². The lowest BCUT2D eigenvalue weighted by atomic mass is 9.97. The van der Waals surface area contributed by atoms with Crippen molar-refractivity contribution in [2.75, 3.05) is 26.4 Å². The van der Waals surface area contributed by atoms with Crippen LogP contribution in [0.4, 0.5) is 0 Å². The van der Waals surface area contributed by atoms with Gasteiger partial charge >= 0.3 is 0 Å². The van der Waals surface area contributed by atoms with Gasteiger partial charge in [0.2, 0.25) is 0 Å². The van der Waals surface area contributed by atoms with E-state index in [0.717, 1.165) is 53.4 Å². The van der Waals surface area contributed by atoms with E-state index in [1.165, 1.54) is 11.1 Å². The minimum Gasteiger partial charge on any atom is -0.465 e. The summed E-state index contributed by atoms with van der Waals surface area (Å²) in [4.78, 5) is 0. The predicted molar refractivity (Wildman–Crippen MR) is 126 cm³/mol. The lowest BCUT2D eigenvalue weighted by molar-refractivity contribution is -0.0717. The molecular formula is C27H36O6. The SMILES string of the molecule is Cc1cc(Cc2cc(C)c(OC(C)OCC3CO3)c(C)c2)cc(C)c1OC(C)OCC1CO1. The fraction of sp³-hybridized carbons (Fsp3) is 0.556. The molecule has 2 fully saturated rings. The molecule has 33 heavy (non-hydrogen) atoms. The van der Waals surface area contributed by atoms with E-state index in [9.17, 15) is 0 Å². The highest BCUT2D eigenvalue weighted by atomic mass is 16.7. The molecule has 6 heteroatoms. The van der Waals surface area contributed by atoms with Gasteiger partial charge in [-0.1, -0.05) is 24.3 Å². The monoisotopic (exact) mass is 456 g/mol. The van der Waals surface area contributed by atoms with E-state index in [2.05, 4.69) is 52.0 Å². The summed E-state index contributed by atoms with van der Waals surface area (Å²) < 4.78 is 34.0. The van der Waals surface area contributed by atoms with Crippen molar-refractivity contribution in [3.8, 4) is 11.5 Å². The molecule has 2 aromatic carbocycles. The predicted octanol–water partition coefficient (Wildman–Crippen LogP) is 4.79. The Balaban J connectivity index is 1.39. The number of hydrogen-bond acceptors (Lipinski definition) is 6. The molecule has 4 atom stereocenters. The van der Waals surface area contributed by atoms with Gasteiger partial charge in [-0.05, 0) is 81.3 Å². The summed E-state index contributed by atoms with van der Waals surface area (Å²) in [5.74, 6) is 1.79. The van der Waals surface area contributed by atoms with Crippen LogP contribution in [0.3, 0.4) is 0 Å². The Bertz CT molecular complexity index is 840. The average molecular weight is 457 g/mol. The van der Waals surface area contributed by atoms with E-state index in [1.807, 2.05) is 13.8 Å². The van der Waals surface area contributed by atoms with Crippen molar-refractivity contribution in [2.24, 2.45) is 0 Å². The summed E-state index contributed by atoms with van der Waals surface area (Å²) in [7, 11) is 0. The topological polar surface area (TPSA) is 62.0 Å². The minimum absolute atomic E-state index is 0.234. The maximum atomic E-state index is 6.07. The van der Waals surface area contributed by atoms with Crippen LogP contribution in [0.5, 0.6) is 11.5 Å². The highest BCUT2D eigenvalue weighted by molar-refractivity contribution is 5.47. The van der Waals surface area contributed by atoms with Crippen molar-refractivity contribution < 1.29 is 28.4 Å². The second-order valence-corrected chi connectivity index (χ2v) is 9.24. The van der Waals surface area contributed by atoms with E-state index in [4.69, 9.17) is 28.4 Å². The van der Waals surface area contributed by atoms with Crippen LogP contribution >= 0.6 is 0 Å². The summed E-state index contributed by atoms with van der Waals surface area (Å²) in [6.07, 6.45) is 0.701. The van der Waals surface area contributed by atoms with Gasteiger partial charge in [0.05, 0.1) is 26.4 Å². The molecular weight excluding hydrogens is 420 g/mol. The van der Waals surface area contributed by atoms with Crippen molar-refractivity contribution >= 4 is 0 Å². The molecule has 2 heterocycles. The van der Waals surface area contributed by atoms with Gasteiger partial charge in [-0.15, -0.1) is 0 Å². The molecule has 2 aromatic rings.